The van der Waals surface area contributed by atoms with Crippen molar-refractivity contribution in [1.82, 2.24) is 4.90 Å². The lowest BCUT2D eigenvalue weighted by molar-refractivity contribution is -0.125. The number of piperidine rings is 1. The fourth-order valence-corrected chi connectivity index (χ4v) is 3.10. The second-order valence-electron chi connectivity index (χ2n) is 6.44. The van der Waals surface area contributed by atoms with E-state index < -0.39 is 0 Å². The number of amides is 2. The molecule has 1 aliphatic heterocycles. The average Bonchev–Trinajstić information content (AvgIpc) is 2.64. The zero-order valence-electron chi connectivity index (χ0n) is 14.6. The zero-order chi connectivity index (χ0) is 18.4. The minimum atomic E-state index is -0.295. The van der Waals surface area contributed by atoms with Crippen LogP contribution < -0.4 is 15.8 Å². The molecule has 26 heavy (non-hydrogen) atoms. The van der Waals surface area contributed by atoms with Gasteiger partial charge in [0, 0.05) is 6.54 Å². The zero-order valence-corrected chi connectivity index (χ0v) is 14.6. The Bertz CT molecular complexity index is 764. The molecule has 3 N–H and O–H groups in total. The molecule has 3 rings (SSSR count). The van der Waals surface area contributed by atoms with Gasteiger partial charge in [-0.15, -0.1) is 0 Å². The number of para-hydroxylation sites is 3. The van der Waals surface area contributed by atoms with Gasteiger partial charge in [-0.3, -0.25) is 14.5 Å². The quantitative estimate of drug-likeness (QED) is 0.836. The van der Waals surface area contributed by atoms with E-state index >= 15 is 0 Å². The summed E-state index contributed by atoms with van der Waals surface area (Å²) in [6.07, 6.45) is 1.66. The van der Waals surface area contributed by atoms with Crippen LogP contribution in [0.5, 0.6) is 11.5 Å². The van der Waals surface area contributed by atoms with Gasteiger partial charge in [-0.25, -0.2) is 0 Å². The Morgan fingerprint density at radius 2 is 1.85 bits per heavy atom. The first-order chi connectivity index (χ1) is 12.6. The molecule has 136 valence electrons. The molecule has 0 saturated carbocycles. The largest absolute Gasteiger partial charge is 0.455 e. The van der Waals surface area contributed by atoms with E-state index in [1.165, 1.54) is 0 Å². The van der Waals surface area contributed by atoms with E-state index in [4.69, 9.17) is 10.5 Å². The molecular formula is C20H23N3O3. The summed E-state index contributed by atoms with van der Waals surface area (Å²) in [6, 6.07) is 16.7. The van der Waals surface area contributed by atoms with Crippen LogP contribution in [0.4, 0.5) is 5.69 Å². The molecule has 2 amide bonds. The maximum absolute atomic E-state index is 12.4. The number of nitrogens with two attached hydrogens (primary N) is 1. The van der Waals surface area contributed by atoms with Crippen molar-refractivity contribution < 1.29 is 14.3 Å². The third-order valence-electron chi connectivity index (χ3n) is 4.41. The Hall–Kier alpha value is -2.86. The summed E-state index contributed by atoms with van der Waals surface area (Å²) < 4.78 is 5.86. The van der Waals surface area contributed by atoms with Gasteiger partial charge in [0.2, 0.25) is 11.8 Å². The van der Waals surface area contributed by atoms with Crippen molar-refractivity contribution in [3.05, 3.63) is 54.6 Å². The van der Waals surface area contributed by atoms with Crippen molar-refractivity contribution in [2.24, 2.45) is 11.7 Å². The van der Waals surface area contributed by atoms with Crippen molar-refractivity contribution in [2.45, 2.75) is 12.8 Å². The van der Waals surface area contributed by atoms with Crippen molar-refractivity contribution in [2.75, 3.05) is 25.0 Å². The fourth-order valence-electron chi connectivity index (χ4n) is 3.10. The summed E-state index contributed by atoms with van der Waals surface area (Å²) in [4.78, 5) is 25.8. The first-order valence-corrected chi connectivity index (χ1v) is 8.75. The van der Waals surface area contributed by atoms with E-state index in [9.17, 15) is 9.59 Å². The Balaban J connectivity index is 1.62. The molecule has 0 radical (unpaired) electrons. The number of likely N-dealkylation sites (tertiary alicyclic amines) is 1. The van der Waals surface area contributed by atoms with Gasteiger partial charge >= 0.3 is 0 Å². The van der Waals surface area contributed by atoms with Crippen molar-refractivity contribution in [1.29, 1.82) is 0 Å². The van der Waals surface area contributed by atoms with Gasteiger partial charge in [0.1, 0.15) is 5.75 Å². The Kier molecular flexibility index (Phi) is 5.86. The van der Waals surface area contributed by atoms with E-state index in [-0.39, 0.29) is 24.3 Å². The topological polar surface area (TPSA) is 84.7 Å². The van der Waals surface area contributed by atoms with Crippen LogP contribution in [0.1, 0.15) is 12.8 Å². The maximum atomic E-state index is 12.4. The monoisotopic (exact) mass is 353 g/mol. The molecule has 2 aromatic rings. The first-order valence-electron chi connectivity index (χ1n) is 8.75. The molecule has 1 saturated heterocycles. The number of carbonyl (C=O) groups excluding carboxylic acids is 2. The van der Waals surface area contributed by atoms with Crippen molar-refractivity contribution in [3.63, 3.8) is 0 Å². The van der Waals surface area contributed by atoms with Crippen LogP contribution in [0.15, 0.2) is 54.6 Å². The van der Waals surface area contributed by atoms with Crippen LogP contribution in [0.2, 0.25) is 0 Å². The fraction of sp³-hybridized carbons (Fsp3) is 0.300. The highest BCUT2D eigenvalue weighted by Gasteiger charge is 2.25. The van der Waals surface area contributed by atoms with Crippen LogP contribution in [-0.4, -0.2) is 36.3 Å². The van der Waals surface area contributed by atoms with Crippen LogP contribution in [0, 0.1) is 5.92 Å². The van der Waals surface area contributed by atoms with Crippen LogP contribution in [-0.2, 0) is 9.59 Å². The SMILES string of the molecule is NC(=O)[C@@H]1CCCN(CC(=O)Nc2ccccc2Oc2ccccc2)C1. The van der Waals surface area contributed by atoms with Crippen molar-refractivity contribution in [3.8, 4) is 11.5 Å². The van der Waals surface area contributed by atoms with Gasteiger partial charge < -0.3 is 15.8 Å². The van der Waals surface area contributed by atoms with Gasteiger partial charge in [-0.2, -0.15) is 0 Å². The minimum absolute atomic E-state index is 0.140. The summed E-state index contributed by atoms with van der Waals surface area (Å²) in [5.74, 6) is 0.677. The number of ether oxygens (including phenoxy) is 1. The first kappa shape index (κ1) is 17.9. The standard InChI is InChI=1S/C20H23N3O3/c21-20(25)15-7-6-12-23(13-15)14-19(24)22-17-10-4-5-11-18(17)26-16-8-2-1-3-9-16/h1-5,8-11,15H,6-7,12-14H2,(H2,21,25)(H,22,24)/t15-/m1/s1. The maximum Gasteiger partial charge on any atom is 0.238 e. The van der Waals surface area contributed by atoms with E-state index in [1.807, 2.05) is 53.4 Å². The molecule has 1 aliphatic rings. The van der Waals surface area contributed by atoms with E-state index in [1.54, 1.807) is 6.07 Å². The number of anilines is 1. The normalized spacial score (nSPS) is 17.5. The highest BCUT2D eigenvalue weighted by molar-refractivity contribution is 5.93. The molecule has 6 nitrogen and oxygen atoms in total. The van der Waals surface area contributed by atoms with Gasteiger partial charge in [0.25, 0.3) is 0 Å². The molecule has 1 heterocycles. The molecule has 1 fully saturated rings. The van der Waals surface area contributed by atoms with E-state index in [0.717, 1.165) is 19.4 Å². The molecule has 0 unspecified atom stereocenters. The van der Waals surface area contributed by atoms with Gasteiger partial charge in [-0.05, 0) is 43.7 Å². The second kappa shape index (κ2) is 8.49. The van der Waals surface area contributed by atoms with Crippen molar-refractivity contribution >= 4 is 17.5 Å². The number of nitrogens with zero attached hydrogens (tertiary/aromatic N) is 1. The predicted molar refractivity (Wildman–Crippen MR) is 99.9 cm³/mol. The Labute approximate surface area is 152 Å². The minimum Gasteiger partial charge on any atom is -0.455 e. The number of rotatable bonds is 6. The molecule has 0 spiro atoms. The number of benzene rings is 2. The summed E-state index contributed by atoms with van der Waals surface area (Å²) in [5.41, 5.74) is 6.01. The predicted octanol–water partition coefficient (Wildman–Crippen LogP) is 2.61. The molecule has 2 aromatic carbocycles. The molecule has 0 bridgehead atoms. The third-order valence-corrected chi connectivity index (χ3v) is 4.41. The lowest BCUT2D eigenvalue weighted by Crippen LogP contribution is -2.44. The summed E-state index contributed by atoms with van der Waals surface area (Å²) in [7, 11) is 0. The number of hydrogen-bond donors (Lipinski definition) is 2. The molecular weight excluding hydrogens is 330 g/mol. The smallest absolute Gasteiger partial charge is 0.238 e. The number of carbonyl (C=O) groups is 2. The highest BCUT2D eigenvalue weighted by Crippen LogP contribution is 2.29. The van der Waals surface area contributed by atoms with E-state index in [2.05, 4.69) is 5.32 Å². The molecule has 6 heteroatoms. The summed E-state index contributed by atoms with van der Waals surface area (Å²) in [5, 5.41) is 2.90. The third kappa shape index (κ3) is 4.83. The highest BCUT2D eigenvalue weighted by atomic mass is 16.5. The molecule has 0 aromatic heterocycles. The van der Waals surface area contributed by atoms with Gasteiger partial charge in [0.15, 0.2) is 5.75 Å². The Morgan fingerprint density at radius 1 is 1.12 bits per heavy atom. The second-order valence-corrected chi connectivity index (χ2v) is 6.44. The molecule has 1 atom stereocenters. The number of primary amides is 1. The van der Waals surface area contributed by atoms with Gasteiger partial charge in [-0.1, -0.05) is 30.3 Å². The van der Waals surface area contributed by atoms with Crippen LogP contribution in [0.3, 0.4) is 0 Å². The van der Waals surface area contributed by atoms with Crippen LogP contribution >= 0.6 is 0 Å². The lowest BCUT2D eigenvalue weighted by atomic mass is 9.97. The summed E-state index contributed by atoms with van der Waals surface area (Å²) in [6.45, 7) is 1.55. The molecule has 0 aliphatic carbocycles. The van der Waals surface area contributed by atoms with E-state index in [0.29, 0.717) is 23.7 Å². The number of nitrogens with one attached hydrogen (secondary N) is 1. The summed E-state index contributed by atoms with van der Waals surface area (Å²) >= 11 is 0. The lowest BCUT2D eigenvalue weighted by Gasteiger charge is -2.30. The average molecular weight is 353 g/mol. The van der Waals surface area contributed by atoms with Gasteiger partial charge in [0.05, 0.1) is 18.2 Å². The number of hydrogen-bond acceptors (Lipinski definition) is 4. The van der Waals surface area contributed by atoms with Crippen LogP contribution in [0.25, 0.3) is 0 Å². The Morgan fingerprint density at radius 3 is 2.62 bits per heavy atom.